The average Bonchev–Trinajstić information content (AvgIpc) is 3.37. The van der Waals surface area contributed by atoms with Gasteiger partial charge >= 0.3 is 6.18 Å². The topological polar surface area (TPSA) is 107 Å². The molecule has 3 N–H and O–H groups in total. The van der Waals surface area contributed by atoms with E-state index in [4.69, 9.17) is 10.7 Å². The van der Waals surface area contributed by atoms with Crippen LogP contribution in [-0.2, 0) is 13.2 Å². The van der Waals surface area contributed by atoms with Gasteiger partial charge in [-0.15, -0.1) is 0 Å². The molecular formula is C23H20F3N5O2. The average molecular weight is 455 g/mol. The molecule has 0 saturated heterocycles. The SMILES string of the molecule is Cn1ncc2c3nc(-c4ccc(C(F)(F)F)cc4)c([C@@H]4CCC[C@H]4O)c(C(N)=O)c3ncc21. The van der Waals surface area contributed by atoms with Gasteiger partial charge in [0, 0.05) is 23.9 Å². The highest BCUT2D eigenvalue weighted by molar-refractivity contribution is 6.13. The lowest BCUT2D eigenvalue weighted by Crippen LogP contribution is -2.22. The number of carbonyl (C=O) groups is 1. The third kappa shape index (κ3) is 3.41. The number of primary amides is 1. The van der Waals surface area contributed by atoms with E-state index in [0.29, 0.717) is 46.1 Å². The van der Waals surface area contributed by atoms with E-state index in [1.165, 1.54) is 12.1 Å². The van der Waals surface area contributed by atoms with Crippen LogP contribution in [0.4, 0.5) is 13.2 Å². The van der Waals surface area contributed by atoms with Crippen LogP contribution in [0, 0.1) is 0 Å². The maximum Gasteiger partial charge on any atom is 0.416 e. The zero-order valence-corrected chi connectivity index (χ0v) is 17.6. The molecule has 0 radical (unpaired) electrons. The molecule has 1 fully saturated rings. The summed E-state index contributed by atoms with van der Waals surface area (Å²) < 4.78 is 41.0. The maximum absolute atomic E-state index is 13.1. The van der Waals surface area contributed by atoms with Crippen LogP contribution in [0.25, 0.3) is 33.2 Å². The Balaban J connectivity index is 1.87. The number of benzene rings is 1. The lowest BCUT2D eigenvalue weighted by atomic mass is 9.86. The fourth-order valence-electron chi connectivity index (χ4n) is 4.74. The van der Waals surface area contributed by atoms with Crippen molar-refractivity contribution in [1.29, 1.82) is 0 Å². The molecule has 0 spiro atoms. The van der Waals surface area contributed by atoms with Gasteiger partial charge in [-0.1, -0.05) is 18.6 Å². The van der Waals surface area contributed by atoms with Crippen LogP contribution in [0.3, 0.4) is 0 Å². The number of fused-ring (bicyclic) bond motifs is 3. The monoisotopic (exact) mass is 455 g/mol. The summed E-state index contributed by atoms with van der Waals surface area (Å²) in [5.74, 6) is -1.17. The number of amides is 1. The Hall–Kier alpha value is -3.53. The highest BCUT2D eigenvalue weighted by atomic mass is 19.4. The Morgan fingerprint density at radius 3 is 2.48 bits per heavy atom. The van der Waals surface area contributed by atoms with Crippen molar-refractivity contribution in [3.05, 3.63) is 53.3 Å². The second-order valence-corrected chi connectivity index (χ2v) is 8.32. The lowest BCUT2D eigenvalue weighted by Gasteiger charge is -2.22. The van der Waals surface area contributed by atoms with E-state index in [0.717, 1.165) is 18.6 Å². The van der Waals surface area contributed by atoms with Gasteiger partial charge in [0.1, 0.15) is 11.0 Å². The molecule has 3 aromatic heterocycles. The molecule has 1 aliphatic rings. The van der Waals surface area contributed by atoms with Crippen molar-refractivity contribution in [2.45, 2.75) is 37.5 Å². The Morgan fingerprint density at radius 1 is 1.15 bits per heavy atom. The minimum atomic E-state index is -4.48. The number of alkyl halides is 3. The van der Waals surface area contributed by atoms with E-state index in [1.807, 2.05) is 0 Å². The molecule has 170 valence electrons. The summed E-state index contributed by atoms with van der Waals surface area (Å²) >= 11 is 0. The van der Waals surface area contributed by atoms with E-state index < -0.39 is 29.7 Å². The fraction of sp³-hybridized carbons (Fsp3) is 0.304. The molecule has 33 heavy (non-hydrogen) atoms. The third-order valence-electron chi connectivity index (χ3n) is 6.35. The molecule has 10 heteroatoms. The summed E-state index contributed by atoms with van der Waals surface area (Å²) in [5, 5.41) is 15.5. The molecule has 2 atom stereocenters. The fourth-order valence-corrected chi connectivity index (χ4v) is 4.74. The predicted octanol–water partition coefficient (Wildman–Crippen LogP) is 3.93. The van der Waals surface area contributed by atoms with E-state index in [1.54, 1.807) is 24.1 Å². The second kappa shape index (κ2) is 7.51. The molecule has 0 bridgehead atoms. The quantitative estimate of drug-likeness (QED) is 0.487. The lowest BCUT2D eigenvalue weighted by molar-refractivity contribution is -0.137. The Bertz CT molecular complexity index is 1400. The first-order valence-electron chi connectivity index (χ1n) is 10.5. The Morgan fingerprint density at radius 2 is 1.88 bits per heavy atom. The largest absolute Gasteiger partial charge is 0.416 e. The van der Waals surface area contributed by atoms with Crippen LogP contribution in [0.5, 0.6) is 0 Å². The number of aryl methyl sites for hydroxylation is 1. The van der Waals surface area contributed by atoms with Crippen molar-refractivity contribution < 1.29 is 23.1 Å². The van der Waals surface area contributed by atoms with Gasteiger partial charge in [0.2, 0.25) is 0 Å². The van der Waals surface area contributed by atoms with Gasteiger partial charge in [-0.3, -0.25) is 14.5 Å². The van der Waals surface area contributed by atoms with Gasteiger partial charge < -0.3 is 10.8 Å². The zero-order chi connectivity index (χ0) is 23.5. The normalized spacial score (nSPS) is 18.9. The number of halogens is 3. The van der Waals surface area contributed by atoms with Gasteiger partial charge in [0.15, 0.2) is 0 Å². The van der Waals surface area contributed by atoms with E-state index in [9.17, 15) is 23.1 Å². The molecule has 1 saturated carbocycles. The number of aliphatic hydroxyl groups is 1. The summed E-state index contributed by atoms with van der Waals surface area (Å²) in [6, 6.07) is 4.60. The summed E-state index contributed by atoms with van der Waals surface area (Å²) in [7, 11) is 1.74. The van der Waals surface area contributed by atoms with Crippen molar-refractivity contribution in [2.75, 3.05) is 0 Å². The van der Waals surface area contributed by atoms with Gasteiger partial charge in [-0.2, -0.15) is 18.3 Å². The molecular weight excluding hydrogens is 435 g/mol. The van der Waals surface area contributed by atoms with Crippen molar-refractivity contribution >= 4 is 27.8 Å². The van der Waals surface area contributed by atoms with Gasteiger partial charge in [0.05, 0.1) is 40.8 Å². The second-order valence-electron chi connectivity index (χ2n) is 8.32. The number of carbonyl (C=O) groups excluding carboxylic acids is 1. The summed E-state index contributed by atoms with van der Waals surface area (Å²) in [5.41, 5.74) is 7.62. The molecule has 0 unspecified atom stereocenters. The standard InChI is InChI=1S/C23H20F3N5O2/c1-31-15-10-28-21-18(22(27)33)17(13-3-2-4-16(13)32)19(30-20(21)14(15)9-29-31)11-5-7-12(8-6-11)23(24,25)26/h5-10,13,16,32H,2-4H2,1H3,(H2,27,33)/t13-,16-/m1/s1. The van der Waals surface area contributed by atoms with Crippen molar-refractivity contribution in [3.63, 3.8) is 0 Å². The molecule has 3 heterocycles. The zero-order valence-electron chi connectivity index (χ0n) is 17.6. The molecule has 1 aliphatic carbocycles. The van der Waals surface area contributed by atoms with Crippen molar-refractivity contribution in [1.82, 2.24) is 19.7 Å². The highest BCUT2D eigenvalue weighted by Crippen LogP contribution is 2.43. The smallest absolute Gasteiger partial charge is 0.392 e. The molecule has 0 aliphatic heterocycles. The Labute approximate surface area is 186 Å². The predicted molar refractivity (Wildman–Crippen MR) is 115 cm³/mol. The molecule has 1 amide bonds. The molecule has 4 aromatic rings. The maximum atomic E-state index is 13.1. The molecule has 5 rings (SSSR count). The van der Waals surface area contributed by atoms with Crippen molar-refractivity contribution in [3.8, 4) is 11.3 Å². The van der Waals surface area contributed by atoms with Crippen LogP contribution in [0.15, 0.2) is 36.7 Å². The number of pyridine rings is 2. The van der Waals surface area contributed by atoms with Crippen molar-refractivity contribution in [2.24, 2.45) is 12.8 Å². The summed E-state index contributed by atoms with van der Waals surface area (Å²) in [6.07, 6.45) is -0.158. The summed E-state index contributed by atoms with van der Waals surface area (Å²) in [6.45, 7) is 0. The number of hydrogen-bond donors (Lipinski definition) is 2. The minimum Gasteiger partial charge on any atom is -0.392 e. The highest BCUT2D eigenvalue weighted by Gasteiger charge is 2.35. The third-order valence-corrected chi connectivity index (χ3v) is 6.35. The Kier molecular flexibility index (Phi) is 4.86. The summed E-state index contributed by atoms with van der Waals surface area (Å²) in [4.78, 5) is 21.9. The number of hydrogen-bond acceptors (Lipinski definition) is 5. The van der Waals surface area contributed by atoms with Gasteiger partial charge in [-0.25, -0.2) is 4.98 Å². The first-order valence-corrected chi connectivity index (χ1v) is 10.5. The molecule has 7 nitrogen and oxygen atoms in total. The van der Waals surface area contributed by atoms with Crippen LogP contribution in [0.2, 0.25) is 0 Å². The van der Waals surface area contributed by atoms with E-state index >= 15 is 0 Å². The van der Waals surface area contributed by atoms with Crippen LogP contribution in [-0.4, -0.2) is 36.9 Å². The van der Waals surface area contributed by atoms with E-state index in [-0.39, 0.29) is 11.1 Å². The first-order chi connectivity index (χ1) is 15.7. The van der Waals surface area contributed by atoms with Gasteiger partial charge in [0.25, 0.3) is 5.91 Å². The van der Waals surface area contributed by atoms with Crippen LogP contribution in [0.1, 0.15) is 46.7 Å². The van der Waals surface area contributed by atoms with E-state index in [2.05, 4.69) is 10.1 Å². The molecule has 1 aromatic carbocycles. The van der Waals surface area contributed by atoms with Crippen LogP contribution < -0.4 is 5.73 Å². The number of rotatable bonds is 3. The first kappa shape index (κ1) is 21.3. The number of nitrogens with two attached hydrogens (primary N) is 1. The van der Waals surface area contributed by atoms with Crippen LogP contribution >= 0.6 is 0 Å². The number of aromatic nitrogens is 4. The minimum absolute atomic E-state index is 0.131. The number of aliphatic hydroxyl groups excluding tert-OH is 1. The number of nitrogens with zero attached hydrogens (tertiary/aromatic N) is 4. The van der Waals surface area contributed by atoms with Gasteiger partial charge in [-0.05, 0) is 30.5 Å².